The summed E-state index contributed by atoms with van der Waals surface area (Å²) in [6.45, 7) is 5.08. The van der Waals surface area contributed by atoms with Crippen LogP contribution in [-0.2, 0) is 4.79 Å². The van der Waals surface area contributed by atoms with Gasteiger partial charge in [0.15, 0.2) is 0 Å². The summed E-state index contributed by atoms with van der Waals surface area (Å²) in [7, 11) is 0. The highest BCUT2D eigenvalue weighted by atomic mass is 16.1. The summed E-state index contributed by atoms with van der Waals surface area (Å²) in [6, 6.07) is 15.2. The fraction of sp³-hybridized carbons (Fsp3) is 0.360. The number of nitrogen functional groups attached to an aromatic ring is 1. The first-order valence-corrected chi connectivity index (χ1v) is 10.9. The second kappa shape index (κ2) is 7.63. The van der Waals surface area contributed by atoms with Crippen LogP contribution in [0.5, 0.6) is 0 Å². The zero-order valence-corrected chi connectivity index (χ0v) is 17.5. The molecule has 0 spiro atoms. The molecule has 30 heavy (non-hydrogen) atoms. The Hall–Kier alpha value is -3.08. The average molecular weight is 401 g/mol. The number of anilines is 2. The molecule has 2 aromatic carbocycles. The number of carbonyl (C=O) groups excluding carboxylic acids is 1. The Labute approximate surface area is 177 Å². The third-order valence-electron chi connectivity index (χ3n) is 6.65. The highest BCUT2D eigenvalue weighted by Crippen LogP contribution is 2.40. The lowest BCUT2D eigenvalue weighted by Crippen LogP contribution is -2.21. The maximum absolute atomic E-state index is 11.6. The fourth-order valence-corrected chi connectivity index (χ4v) is 5.16. The maximum atomic E-state index is 11.6. The van der Waals surface area contributed by atoms with Crippen LogP contribution < -0.4 is 10.6 Å². The quantitative estimate of drug-likeness (QED) is 0.646. The molecule has 3 aromatic rings. The Bertz CT molecular complexity index is 1100. The lowest BCUT2D eigenvalue weighted by molar-refractivity contribution is -0.118. The van der Waals surface area contributed by atoms with E-state index in [0.29, 0.717) is 5.82 Å². The summed E-state index contributed by atoms with van der Waals surface area (Å²) >= 11 is 0. The minimum atomic E-state index is 0.151. The van der Waals surface area contributed by atoms with Crippen molar-refractivity contribution in [3.8, 4) is 11.1 Å². The normalized spacial score (nSPS) is 19.0. The molecule has 5 heteroatoms. The fourth-order valence-electron chi connectivity index (χ4n) is 5.16. The van der Waals surface area contributed by atoms with E-state index in [1.54, 1.807) is 0 Å². The molecular weight excluding hydrogens is 372 g/mol. The van der Waals surface area contributed by atoms with E-state index in [2.05, 4.69) is 59.3 Å². The van der Waals surface area contributed by atoms with Crippen LogP contribution in [-0.4, -0.2) is 35.9 Å². The van der Waals surface area contributed by atoms with Crippen LogP contribution in [0.1, 0.15) is 42.9 Å². The highest BCUT2D eigenvalue weighted by molar-refractivity contribution is 5.91. The van der Waals surface area contributed by atoms with Gasteiger partial charge >= 0.3 is 0 Å². The number of pyridine rings is 1. The number of rotatable bonds is 4. The largest absolute Gasteiger partial charge is 0.382 e. The first kappa shape index (κ1) is 18.9. The molecule has 2 aliphatic heterocycles. The van der Waals surface area contributed by atoms with Crippen molar-refractivity contribution in [2.45, 2.75) is 38.6 Å². The lowest BCUT2D eigenvalue weighted by atomic mass is 9.89. The van der Waals surface area contributed by atoms with Crippen LogP contribution in [0.2, 0.25) is 0 Å². The van der Waals surface area contributed by atoms with Gasteiger partial charge in [-0.3, -0.25) is 4.79 Å². The van der Waals surface area contributed by atoms with Crippen molar-refractivity contribution in [1.29, 1.82) is 0 Å². The zero-order chi connectivity index (χ0) is 20.7. The molecule has 5 rings (SSSR count). The van der Waals surface area contributed by atoms with Gasteiger partial charge in [-0.1, -0.05) is 24.3 Å². The molecule has 2 aliphatic rings. The van der Waals surface area contributed by atoms with E-state index in [1.807, 2.05) is 4.90 Å². The third-order valence-corrected chi connectivity index (χ3v) is 6.65. The molecule has 2 fully saturated rings. The van der Waals surface area contributed by atoms with Crippen molar-refractivity contribution in [1.82, 2.24) is 9.88 Å². The van der Waals surface area contributed by atoms with E-state index >= 15 is 0 Å². The van der Waals surface area contributed by atoms with Crippen molar-refractivity contribution in [2.75, 3.05) is 30.3 Å². The third kappa shape index (κ3) is 3.18. The number of amides is 1. The Morgan fingerprint density at radius 1 is 1.07 bits per heavy atom. The summed E-state index contributed by atoms with van der Waals surface area (Å²) in [5.74, 6) is 0.612. The van der Waals surface area contributed by atoms with Crippen LogP contribution in [0.25, 0.3) is 22.0 Å². The molecule has 2 N–H and O–H groups in total. The SMILES string of the molecule is Cc1cccc(C2CCCN2C=O)c1-c1ccc2nc(N)c(N3CCCC3)cc2c1. The van der Waals surface area contributed by atoms with Crippen LogP contribution >= 0.6 is 0 Å². The molecule has 154 valence electrons. The lowest BCUT2D eigenvalue weighted by Gasteiger charge is -2.24. The van der Waals surface area contributed by atoms with E-state index in [1.165, 1.54) is 35.1 Å². The predicted octanol–water partition coefficient (Wildman–Crippen LogP) is 4.69. The van der Waals surface area contributed by atoms with Gasteiger partial charge in [-0.25, -0.2) is 4.98 Å². The first-order valence-electron chi connectivity index (χ1n) is 10.9. The average Bonchev–Trinajstić information content (AvgIpc) is 3.45. The number of carbonyl (C=O) groups is 1. The topological polar surface area (TPSA) is 62.5 Å². The molecule has 1 amide bonds. The molecule has 0 radical (unpaired) electrons. The van der Waals surface area contributed by atoms with E-state index < -0.39 is 0 Å². The van der Waals surface area contributed by atoms with Crippen LogP contribution in [0.4, 0.5) is 11.5 Å². The van der Waals surface area contributed by atoms with Crippen molar-refractivity contribution in [3.63, 3.8) is 0 Å². The van der Waals surface area contributed by atoms with Gasteiger partial charge in [-0.05, 0) is 73.1 Å². The van der Waals surface area contributed by atoms with Crippen molar-refractivity contribution in [2.24, 2.45) is 0 Å². The van der Waals surface area contributed by atoms with Gasteiger partial charge in [0.2, 0.25) is 6.41 Å². The summed E-state index contributed by atoms with van der Waals surface area (Å²) < 4.78 is 0. The maximum Gasteiger partial charge on any atom is 0.210 e. The molecular formula is C25H28N4O. The molecule has 1 atom stereocenters. The van der Waals surface area contributed by atoms with Crippen molar-refractivity contribution < 1.29 is 4.79 Å². The number of fused-ring (bicyclic) bond motifs is 1. The van der Waals surface area contributed by atoms with Gasteiger partial charge in [0.05, 0.1) is 17.2 Å². The standard InChI is InChI=1S/C25H28N4O/c1-17-6-4-7-20(22-8-5-13-29(22)16-30)24(17)18-9-10-21-19(14-18)15-23(25(26)27-21)28-11-2-3-12-28/h4,6-7,9-10,14-16,22H,2-3,5,8,11-13H2,1H3,(H2,26,27). The second-order valence-electron chi connectivity index (χ2n) is 8.53. The summed E-state index contributed by atoms with van der Waals surface area (Å²) in [5, 5.41) is 1.11. The summed E-state index contributed by atoms with van der Waals surface area (Å²) in [4.78, 5) is 20.6. The number of hydrogen-bond acceptors (Lipinski definition) is 4. The molecule has 2 saturated heterocycles. The van der Waals surface area contributed by atoms with E-state index in [9.17, 15) is 4.79 Å². The van der Waals surface area contributed by atoms with Crippen molar-refractivity contribution >= 4 is 28.8 Å². The second-order valence-corrected chi connectivity index (χ2v) is 8.53. The molecule has 0 bridgehead atoms. The Morgan fingerprint density at radius 3 is 2.70 bits per heavy atom. The number of aryl methyl sites for hydroxylation is 1. The Morgan fingerprint density at radius 2 is 1.90 bits per heavy atom. The number of aromatic nitrogens is 1. The van der Waals surface area contributed by atoms with Gasteiger partial charge in [0, 0.05) is 25.0 Å². The molecule has 3 heterocycles. The predicted molar refractivity (Wildman–Crippen MR) is 123 cm³/mol. The van der Waals surface area contributed by atoms with Gasteiger partial charge < -0.3 is 15.5 Å². The van der Waals surface area contributed by atoms with Crippen molar-refractivity contribution in [3.05, 3.63) is 53.6 Å². The summed E-state index contributed by atoms with van der Waals surface area (Å²) in [5.41, 5.74) is 13.1. The molecule has 0 aliphatic carbocycles. The summed E-state index contributed by atoms with van der Waals surface area (Å²) in [6.07, 6.45) is 5.48. The molecule has 5 nitrogen and oxygen atoms in total. The Kier molecular flexibility index (Phi) is 4.81. The molecule has 1 unspecified atom stereocenters. The zero-order valence-electron chi connectivity index (χ0n) is 17.5. The molecule has 0 saturated carbocycles. The van der Waals surface area contributed by atoms with E-state index in [0.717, 1.165) is 55.5 Å². The number of hydrogen-bond donors (Lipinski definition) is 1. The van der Waals surface area contributed by atoms with Gasteiger partial charge in [-0.15, -0.1) is 0 Å². The van der Waals surface area contributed by atoms with Crippen LogP contribution in [0.3, 0.4) is 0 Å². The highest BCUT2D eigenvalue weighted by Gasteiger charge is 2.27. The number of benzene rings is 2. The number of likely N-dealkylation sites (tertiary alicyclic amines) is 1. The number of nitrogens with zero attached hydrogens (tertiary/aromatic N) is 3. The van der Waals surface area contributed by atoms with Gasteiger partial charge in [-0.2, -0.15) is 0 Å². The number of nitrogens with two attached hydrogens (primary N) is 1. The monoisotopic (exact) mass is 400 g/mol. The van der Waals surface area contributed by atoms with Gasteiger partial charge in [0.25, 0.3) is 0 Å². The van der Waals surface area contributed by atoms with Crippen LogP contribution in [0, 0.1) is 6.92 Å². The first-order chi connectivity index (χ1) is 14.7. The minimum Gasteiger partial charge on any atom is -0.382 e. The molecule has 1 aromatic heterocycles. The van der Waals surface area contributed by atoms with Crippen LogP contribution in [0.15, 0.2) is 42.5 Å². The minimum absolute atomic E-state index is 0.151. The Balaban J connectivity index is 1.63. The smallest absolute Gasteiger partial charge is 0.210 e. The van der Waals surface area contributed by atoms with E-state index in [-0.39, 0.29) is 6.04 Å². The van der Waals surface area contributed by atoms with E-state index in [4.69, 9.17) is 5.73 Å². The van der Waals surface area contributed by atoms with Gasteiger partial charge in [0.1, 0.15) is 5.82 Å².